The van der Waals surface area contributed by atoms with Gasteiger partial charge in [-0.1, -0.05) is 6.92 Å². The van der Waals surface area contributed by atoms with Gasteiger partial charge >= 0.3 is 0 Å². The molecule has 1 saturated carbocycles. The van der Waals surface area contributed by atoms with Crippen LogP contribution in [0.25, 0.3) is 0 Å². The van der Waals surface area contributed by atoms with Crippen LogP contribution >= 0.6 is 11.3 Å². The predicted octanol–water partition coefficient (Wildman–Crippen LogP) is 2.35. The molecule has 1 heterocycles. The maximum atomic E-state index is 11.7. The summed E-state index contributed by atoms with van der Waals surface area (Å²) in [5.74, 6) is 0.253. The zero-order valence-electron chi connectivity index (χ0n) is 9.19. The fourth-order valence-corrected chi connectivity index (χ4v) is 2.27. The molecular weight excluding hydrogens is 208 g/mol. The number of rotatable bonds is 4. The Labute approximate surface area is 94.1 Å². The molecule has 1 aromatic heterocycles. The van der Waals surface area contributed by atoms with Gasteiger partial charge in [0.05, 0.1) is 17.2 Å². The third-order valence-electron chi connectivity index (χ3n) is 2.61. The molecule has 1 aliphatic carbocycles. The van der Waals surface area contributed by atoms with E-state index in [1.54, 1.807) is 11.3 Å². The Morgan fingerprint density at radius 3 is 2.87 bits per heavy atom. The molecule has 1 amide bonds. The molecule has 3 nitrogen and oxygen atoms in total. The van der Waals surface area contributed by atoms with Gasteiger partial charge < -0.3 is 4.90 Å². The third-order valence-corrected chi connectivity index (χ3v) is 3.43. The smallest absolute Gasteiger partial charge is 0.222 e. The SMILES string of the molecule is CCC(=O)N(Cc1csc(C)n1)C1CC1. The minimum atomic E-state index is 0.253. The topological polar surface area (TPSA) is 33.2 Å². The molecule has 4 heteroatoms. The molecule has 1 aromatic rings. The second-order valence-corrected chi connectivity index (χ2v) is 5.03. The summed E-state index contributed by atoms with van der Waals surface area (Å²) in [5, 5.41) is 3.12. The Morgan fingerprint density at radius 1 is 1.67 bits per heavy atom. The standard InChI is InChI=1S/C11H16N2OS/c1-3-11(14)13(10-4-5-10)6-9-7-15-8(2)12-9/h7,10H,3-6H2,1-2H3. The van der Waals surface area contributed by atoms with Crippen molar-refractivity contribution in [3.63, 3.8) is 0 Å². The van der Waals surface area contributed by atoms with Crippen LogP contribution in [0.1, 0.15) is 36.9 Å². The van der Waals surface area contributed by atoms with E-state index in [1.807, 2.05) is 24.1 Å². The molecule has 0 bridgehead atoms. The highest BCUT2D eigenvalue weighted by Crippen LogP contribution is 2.29. The lowest BCUT2D eigenvalue weighted by molar-refractivity contribution is -0.132. The largest absolute Gasteiger partial charge is 0.334 e. The average molecular weight is 224 g/mol. The van der Waals surface area contributed by atoms with Crippen molar-refractivity contribution in [1.29, 1.82) is 0 Å². The summed E-state index contributed by atoms with van der Waals surface area (Å²) in [4.78, 5) is 18.1. The number of hydrogen-bond donors (Lipinski definition) is 0. The second-order valence-electron chi connectivity index (χ2n) is 3.96. The van der Waals surface area contributed by atoms with Gasteiger partial charge in [-0.15, -0.1) is 11.3 Å². The fourth-order valence-electron chi connectivity index (χ4n) is 1.67. The summed E-state index contributed by atoms with van der Waals surface area (Å²) in [6.45, 7) is 4.61. The first-order valence-electron chi connectivity index (χ1n) is 5.41. The van der Waals surface area contributed by atoms with Crippen molar-refractivity contribution in [2.45, 2.75) is 45.7 Å². The molecule has 0 aromatic carbocycles. The molecule has 0 atom stereocenters. The Hall–Kier alpha value is -0.900. The van der Waals surface area contributed by atoms with E-state index in [-0.39, 0.29) is 5.91 Å². The van der Waals surface area contributed by atoms with Gasteiger partial charge in [-0.3, -0.25) is 4.79 Å². The van der Waals surface area contributed by atoms with Gasteiger partial charge in [-0.05, 0) is 19.8 Å². The lowest BCUT2D eigenvalue weighted by Gasteiger charge is -2.20. The number of aryl methyl sites for hydroxylation is 1. The Balaban J connectivity index is 2.03. The summed E-state index contributed by atoms with van der Waals surface area (Å²) in [6.07, 6.45) is 2.92. The highest BCUT2D eigenvalue weighted by molar-refractivity contribution is 7.09. The molecule has 0 saturated heterocycles. The Bertz CT molecular complexity index is 357. The fraction of sp³-hybridized carbons (Fsp3) is 0.636. The van der Waals surface area contributed by atoms with Gasteiger partial charge in [-0.2, -0.15) is 0 Å². The first kappa shape index (κ1) is 10.6. The Morgan fingerprint density at radius 2 is 2.40 bits per heavy atom. The highest BCUT2D eigenvalue weighted by atomic mass is 32.1. The summed E-state index contributed by atoms with van der Waals surface area (Å²) >= 11 is 1.65. The normalized spacial score (nSPS) is 15.3. The van der Waals surface area contributed by atoms with Crippen LogP contribution in [0.3, 0.4) is 0 Å². The van der Waals surface area contributed by atoms with E-state index in [0.29, 0.717) is 19.0 Å². The number of carbonyl (C=O) groups is 1. The first-order valence-corrected chi connectivity index (χ1v) is 6.29. The van der Waals surface area contributed by atoms with E-state index in [9.17, 15) is 4.79 Å². The summed E-state index contributed by atoms with van der Waals surface area (Å²) < 4.78 is 0. The van der Waals surface area contributed by atoms with Crippen molar-refractivity contribution < 1.29 is 4.79 Å². The van der Waals surface area contributed by atoms with Gasteiger partial charge in [-0.25, -0.2) is 4.98 Å². The molecule has 15 heavy (non-hydrogen) atoms. The zero-order valence-corrected chi connectivity index (χ0v) is 10.0. The van der Waals surface area contributed by atoms with Crippen molar-refractivity contribution in [2.75, 3.05) is 0 Å². The quantitative estimate of drug-likeness (QED) is 0.786. The number of amides is 1. The Kier molecular flexibility index (Phi) is 3.05. The number of hydrogen-bond acceptors (Lipinski definition) is 3. The molecule has 0 aliphatic heterocycles. The number of nitrogens with zero attached hydrogens (tertiary/aromatic N) is 2. The van der Waals surface area contributed by atoms with E-state index >= 15 is 0 Å². The molecule has 82 valence electrons. The first-order chi connectivity index (χ1) is 7.20. The van der Waals surface area contributed by atoms with E-state index in [0.717, 1.165) is 23.5 Å². The molecule has 2 rings (SSSR count). The maximum absolute atomic E-state index is 11.7. The monoisotopic (exact) mass is 224 g/mol. The molecule has 0 radical (unpaired) electrons. The van der Waals surface area contributed by atoms with E-state index < -0.39 is 0 Å². The maximum Gasteiger partial charge on any atom is 0.222 e. The average Bonchev–Trinajstić information content (AvgIpc) is 2.98. The van der Waals surface area contributed by atoms with E-state index in [1.165, 1.54) is 0 Å². The van der Waals surface area contributed by atoms with Crippen LogP contribution in [-0.4, -0.2) is 21.8 Å². The number of carbonyl (C=O) groups excluding carboxylic acids is 1. The van der Waals surface area contributed by atoms with Crippen LogP contribution < -0.4 is 0 Å². The van der Waals surface area contributed by atoms with Crippen LogP contribution in [-0.2, 0) is 11.3 Å². The van der Waals surface area contributed by atoms with Crippen molar-refractivity contribution >= 4 is 17.2 Å². The third kappa shape index (κ3) is 2.56. The number of thiazole rings is 1. The van der Waals surface area contributed by atoms with Crippen LogP contribution in [0.4, 0.5) is 0 Å². The zero-order chi connectivity index (χ0) is 10.8. The lowest BCUT2D eigenvalue weighted by atomic mass is 10.3. The van der Waals surface area contributed by atoms with E-state index in [4.69, 9.17) is 0 Å². The van der Waals surface area contributed by atoms with Crippen LogP contribution in [0.2, 0.25) is 0 Å². The second kappa shape index (κ2) is 4.31. The summed E-state index contributed by atoms with van der Waals surface area (Å²) in [5.41, 5.74) is 1.03. The molecule has 1 fully saturated rings. The summed E-state index contributed by atoms with van der Waals surface area (Å²) in [7, 11) is 0. The molecule has 1 aliphatic rings. The predicted molar refractivity (Wildman–Crippen MR) is 60.7 cm³/mol. The van der Waals surface area contributed by atoms with Crippen LogP contribution in [0.5, 0.6) is 0 Å². The molecule has 0 unspecified atom stereocenters. The van der Waals surface area contributed by atoms with Crippen molar-refractivity contribution in [1.82, 2.24) is 9.88 Å². The minimum absolute atomic E-state index is 0.253. The highest BCUT2D eigenvalue weighted by Gasteiger charge is 2.31. The van der Waals surface area contributed by atoms with E-state index in [2.05, 4.69) is 4.98 Å². The van der Waals surface area contributed by atoms with Crippen molar-refractivity contribution in [2.24, 2.45) is 0 Å². The molecule has 0 spiro atoms. The van der Waals surface area contributed by atoms with Gasteiger partial charge in [0.2, 0.25) is 5.91 Å². The lowest BCUT2D eigenvalue weighted by Crippen LogP contribution is -2.32. The molecular formula is C11H16N2OS. The van der Waals surface area contributed by atoms with Gasteiger partial charge in [0.1, 0.15) is 0 Å². The van der Waals surface area contributed by atoms with Gasteiger partial charge in [0, 0.05) is 17.8 Å². The van der Waals surface area contributed by atoms with Gasteiger partial charge in [0.25, 0.3) is 0 Å². The van der Waals surface area contributed by atoms with Crippen molar-refractivity contribution in [3.05, 3.63) is 16.1 Å². The summed E-state index contributed by atoms with van der Waals surface area (Å²) in [6, 6.07) is 0.486. The van der Waals surface area contributed by atoms with Crippen LogP contribution in [0, 0.1) is 6.92 Å². The minimum Gasteiger partial charge on any atom is -0.334 e. The van der Waals surface area contributed by atoms with Crippen molar-refractivity contribution in [3.8, 4) is 0 Å². The number of aromatic nitrogens is 1. The van der Waals surface area contributed by atoms with Gasteiger partial charge in [0.15, 0.2) is 0 Å². The van der Waals surface area contributed by atoms with Crippen LogP contribution in [0.15, 0.2) is 5.38 Å². The molecule has 0 N–H and O–H groups in total.